The molecule has 0 aromatic heterocycles. The van der Waals surface area contributed by atoms with E-state index in [9.17, 15) is 9.18 Å². The van der Waals surface area contributed by atoms with E-state index in [4.69, 9.17) is 4.74 Å². The summed E-state index contributed by atoms with van der Waals surface area (Å²) >= 11 is 3.17. The summed E-state index contributed by atoms with van der Waals surface area (Å²) in [4.78, 5) is 11.4. The van der Waals surface area contributed by atoms with E-state index in [2.05, 4.69) is 26.6 Å². The van der Waals surface area contributed by atoms with Crippen LogP contribution in [0.3, 0.4) is 0 Å². The van der Waals surface area contributed by atoms with E-state index < -0.39 is 11.7 Å². The average Bonchev–Trinajstić information content (AvgIpc) is 2.35. The number of alkyl carbamates (subject to hydrolysis) is 1. The molecule has 1 amide bonds. The third-order valence-electron chi connectivity index (χ3n) is 2.69. The highest BCUT2D eigenvalue weighted by Crippen LogP contribution is 2.20. The number of halogens is 2. The molecule has 0 spiro atoms. The fourth-order valence-electron chi connectivity index (χ4n) is 1.67. The maximum atomic E-state index is 13.2. The topological polar surface area (TPSA) is 50.4 Å². The molecule has 118 valence electrons. The van der Waals surface area contributed by atoms with E-state index in [1.54, 1.807) is 12.1 Å². The molecular formula is C15H22BrFN2O2. The Morgan fingerprint density at radius 2 is 2.05 bits per heavy atom. The molecule has 0 saturated carbocycles. The van der Waals surface area contributed by atoms with Crippen LogP contribution < -0.4 is 10.6 Å². The lowest BCUT2D eigenvalue weighted by Gasteiger charge is -2.20. The molecule has 2 N–H and O–H groups in total. The summed E-state index contributed by atoms with van der Waals surface area (Å²) in [5, 5.41) is 5.92. The summed E-state index contributed by atoms with van der Waals surface area (Å²) in [5.41, 5.74) is 0.478. The van der Waals surface area contributed by atoms with Crippen molar-refractivity contribution in [3.63, 3.8) is 0 Å². The third-order valence-corrected chi connectivity index (χ3v) is 3.30. The highest BCUT2D eigenvalue weighted by molar-refractivity contribution is 9.10. The van der Waals surface area contributed by atoms with Gasteiger partial charge in [0.2, 0.25) is 0 Å². The number of amides is 1. The number of hydrogen-bond donors (Lipinski definition) is 2. The number of carbonyl (C=O) groups excluding carboxylic acids is 1. The summed E-state index contributed by atoms with van der Waals surface area (Å²) < 4.78 is 18.7. The molecule has 1 unspecified atom stereocenters. The third kappa shape index (κ3) is 6.91. The first-order valence-corrected chi connectivity index (χ1v) is 7.63. The zero-order chi connectivity index (χ0) is 16.0. The van der Waals surface area contributed by atoms with Gasteiger partial charge in [0.25, 0.3) is 0 Å². The van der Waals surface area contributed by atoms with Crippen LogP contribution >= 0.6 is 15.9 Å². The Kier molecular flexibility index (Phi) is 6.61. The molecule has 0 aliphatic carbocycles. The van der Waals surface area contributed by atoms with Crippen LogP contribution in [0.25, 0.3) is 0 Å². The second-order valence-corrected chi connectivity index (χ2v) is 6.63. The first-order chi connectivity index (χ1) is 9.69. The number of rotatable bonds is 5. The minimum atomic E-state index is -0.495. The Morgan fingerprint density at radius 1 is 1.38 bits per heavy atom. The smallest absolute Gasteiger partial charge is 0.407 e. The highest BCUT2D eigenvalue weighted by atomic mass is 79.9. The van der Waals surface area contributed by atoms with Crippen molar-refractivity contribution in [2.75, 3.05) is 13.1 Å². The lowest BCUT2D eigenvalue weighted by molar-refractivity contribution is 0.0528. The molecule has 0 bridgehead atoms. The Hall–Kier alpha value is -1.14. The fourth-order valence-corrected chi connectivity index (χ4v) is 2.06. The maximum absolute atomic E-state index is 13.2. The Labute approximate surface area is 133 Å². The molecule has 1 aromatic carbocycles. The van der Waals surface area contributed by atoms with Crippen LogP contribution in [-0.2, 0) is 4.74 Å². The summed E-state index contributed by atoms with van der Waals surface area (Å²) in [6.45, 7) is 8.49. The number of nitrogens with one attached hydrogen (secondary N) is 2. The van der Waals surface area contributed by atoms with Crippen molar-refractivity contribution in [2.45, 2.75) is 39.3 Å². The van der Waals surface area contributed by atoms with Gasteiger partial charge in [0.05, 0.1) is 4.47 Å². The van der Waals surface area contributed by atoms with Crippen molar-refractivity contribution < 1.29 is 13.9 Å². The zero-order valence-electron chi connectivity index (χ0n) is 12.8. The molecule has 0 radical (unpaired) electrons. The van der Waals surface area contributed by atoms with Gasteiger partial charge >= 0.3 is 6.09 Å². The largest absolute Gasteiger partial charge is 0.444 e. The monoisotopic (exact) mass is 360 g/mol. The van der Waals surface area contributed by atoms with E-state index >= 15 is 0 Å². The van der Waals surface area contributed by atoms with E-state index in [-0.39, 0.29) is 11.9 Å². The van der Waals surface area contributed by atoms with Crippen LogP contribution in [-0.4, -0.2) is 24.8 Å². The average molecular weight is 361 g/mol. The molecule has 0 aliphatic rings. The molecular weight excluding hydrogens is 339 g/mol. The lowest BCUT2D eigenvalue weighted by atomic mass is 10.1. The van der Waals surface area contributed by atoms with Crippen LogP contribution in [0.1, 0.15) is 39.3 Å². The second-order valence-electron chi connectivity index (χ2n) is 5.78. The molecule has 0 heterocycles. The van der Waals surface area contributed by atoms with Gasteiger partial charge in [-0.1, -0.05) is 6.07 Å². The molecule has 21 heavy (non-hydrogen) atoms. The molecule has 0 fully saturated rings. The van der Waals surface area contributed by atoms with Gasteiger partial charge in [-0.2, -0.15) is 0 Å². The van der Waals surface area contributed by atoms with Gasteiger partial charge in [0.15, 0.2) is 0 Å². The molecule has 1 rings (SSSR count). The van der Waals surface area contributed by atoms with Gasteiger partial charge in [-0.05, 0) is 61.3 Å². The summed E-state index contributed by atoms with van der Waals surface area (Å²) in [6, 6.07) is 4.96. The summed E-state index contributed by atoms with van der Waals surface area (Å²) in [7, 11) is 0. The van der Waals surface area contributed by atoms with Crippen molar-refractivity contribution in [1.82, 2.24) is 10.6 Å². The Balaban J connectivity index is 2.32. The van der Waals surface area contributed by atoms with Gasteiger partial charge in [-0.3, -0.25) is 0 Å². The standard InChI is InChI=1S/C15H22BrFN2O2/c1-10(11-5-6-13(17)12(16)9-11)18-7-8-19-14(20)21-15(2,3)4/h5-6,9-10,18H,7-8H2,1-4H3,(H,19,20). The van der Waals surface area contributed by atoms with Gasteiger partial charge < -0.3 is 15.4 Å². The van der Waals surface area contributed by atoms with Crippen molar-refractivity contribution >= 4 is 22.0 Å². The SMILES string of the molecule is CC(NCCNC(=O)OC(C)(C)C)c1ccc(F)c(Br)c1. The van der Waals surface area contributed by atoms with Crippen molar-refractivity contribution in [3.8, 4) is 0 Å². The fraction of sp³-hybridized carbons (Fsp3) is 0.533. The molecule has 4 nitrogen and oxygen atoms in total. The van der Waals surface area contributed by atoms with Crippen LogP contribution in [0.15, 0.2) is 22.7 Å². The normalized spacial score (nSPS) is 12.9. The molecule has 0 saturated heterocycles. The summed E-state index contributed by atoms with van der Waals surface area (Å²) in [5.74, 6) is -0.280. The molecule has 0 aliphatic heterocycles. The predicted molar refractivity (Wildman–Crippen MR) is 84.8 cm³/mol. The van der Waals surface area contributed by atoms with Gasteiger partial charge in [-0.25, -0.2) is 9.18 Å². The number of benzene rings is 1. The van der Waals surface area contributed by atoms with E-state index in [1.807, 2.05) is 27.7 Å². The number of ether oxygens (including phenoxy) is 1. The first kappa shape index (κ1) is 17.9. The van der Waals surface area contributed by atoms with Gasteiger partial charge in [-0.15, -0.1) is 0 Å². The van der Waals surface area contributed by atoms with Gasteiger partial charge in [0, 0.05) is 19.1 Å². The second kappa shape index (κ2) is 7.75. The number of hydrogen-bond acceptors (Lipinski definition) is 3. The van der Waals surface area contributed by atoms with E-state index in [0.29, 0.717) is 17.6 Å². The zero-order valence-corrected chi connectivity index (χ0v) is 14.4. The minimum absolute atomic E-state index is 0.0577. The maximum Gasteiger partial charge on any atom is 0.407 e. The van der Waals surface area contributed by atoms with E-state index in [1.165, 1.54) is 6.07 Å². The predicted octanol–water partition coefficient (Wildman–Crippen LogP) is 3.76. The van der Waals surface area contributed by atoms with Crippen molar-refractivity contribution in [1.29, 1.82) is 0 Å². The molecule has 6 heteroatoms. The van der Waals surface area contributed by atoms with Crippen LogP contribution in [0.5, 0.6) is 0 Å². The Bertz CT molecular complexity index is 489. The van der Waals surface area contributed by atoms with Gasteiger partial charge in [0.1, 0.15) is 11.4 Å². The minimum Gasteiger partial charge on any atom is -0.444 e. The molecule has 1 atom stereocenters. The van der Waals surface area contributed by atoms with E-state index in [0.717, 1.165) is 5.56 Å². The van der Waals surface area contributed by atoms with Crippen molar-refractivity contribution in [3.05, 3.63) is 34.1 Å². The Morgan fingerprint density at radius 3 is 2.62 bits per heavy atom. The molecule has 1 aromatic rings. The highest BCUT2D eigenvalue weighted by Gasteiger charge is 2.15. The summed E-state index contributed by atoms with van der Waals surface area (Å²) in [6.07, 6.45) is -0.429. The van der Waals surface area contributed by atoms with Crippen LogP contribution in [0.2, 0.25) is 0 Å². The van der Waals surface area contributed by atoms with Crippen LogP contribution in [0.4, 0.5) is 9.18 Å². The van der Waals surface area contributed by atoms with Crippen molar-refractivity contribution in [2.24, 2.45) is 0 Å². The quantitative estimate of drug-likeness (QED) is 0.785. The number of carbonyl (C=O) groups is 1. The lowest BCUT2D eigenvalue weighted by Crippen LogP contribution is -2.36. The first-order valence-electron chi connectivity index (χ1n) is 6.84. The van der Waals surface area contributed by atoms with Crippen LogP contribution in [0, 0.1) is 5.82 Å².